The summed E-state index contributed by atoms with van der Waals surface area (Å²) in [5.74, 6) is 0.0817. The van der Waals surface area contributed by atoms with Crippen molar-refractivity contribution < 1.29 is 14.3 Å². The Kier molecular flexibility index (Phi) is 7.24. The predicted molar refractivity (Wildman–Crippen MR) is 124 cm³/mol. The number of nitrogens with one attached hydrogen (secondary N) is 3. The Balaban J connectivity index is 1.34. The van der Waals surface area contributed by atoms with E-state index in [9.17, 15) is 9.59 Å². The van der Waals surface area contributed by atoms with Crippen LogP contribution in [0.1, 0.15) is 36.0 Å². The number of ether oxygens (including phenoxy) is 1. The summed E-state index contributed by atoms with van der Waals surface area (Å²) < 4.78 is 5.57. The number of aromatic nitrogens is 1. The third-order valence-electron chi connectivity index (χ3n) is 6.13. The van der Waals surface area contributed by atoms with E-state index in [0.29, 0.717) is 28.6 Å². The first kappa shape index (κ1) is 22.5. The highest BCUT2D eigenvalue weighted by molar-refractivity contribution is 6.30. The third kappa shape index (κ3) is 5.56. The number of pyridine rings is 1. The van der Waals surface area contributed by atoms with Crippen molar-refractivity contribution in [2.75, 3.05) is 43.5 Å². The van der Waals surface area contributed by atoms with Crippen LogP contribution in [0.15, 0.2) is 42.6 Å². The van der Waals surface area contributed by atoms with E-state index in [-0.39, 0.29) is 17.5 Å². The monoisotopic (exact) mass is 457 g/mol. The van der Waals surface area contributed by atoms with Crippen LogP contribution in [0, 0.1) is 0 Å². The zero-order chi connectivity index (χ0) is 22.4. The average molecular weight is 458 g/mol. The zero-order valence-corrected chi connectivity index (χ0v) is 18.7. The van der Waals surface area contributed by atoms with Gasteiger partial charge in [0.15, 0.2) is 0 Å². The molecule has 2 aliphatic heterocycles. The summed E-state index contributed by atoms with van der Waals surface area (Å²) in [5.41, 5.74) is 0.915. The first-order valence-corrected chi connectivity index (χ1v) is 11.3. The van der Waals surface area contributed by atoms with Gasteiger partial charge >= 0.3 is 6.03 Å². The van der Waals surface area contributed by atoms with Gasteiger partial charge in [-0.1, -0.05) is 17.7 Å². The van der Waals surface area contributed by atoms with Crippen molar-refractivity contribution >= 4 is 35.0 Å². The quantitative estimate of drug-likeness (QED) is 0.614. The Labute approximate surface area is 192 Å². The number of hydrogen-bond acceptors (Lipinski definition) is 5. The minimum absolute atomic E-state index is 0.0423. The van der Waals surface area contributed by atoms with Gasteiger partial charge in [-0.3, -0.25) is 9.69 Å². The van der Waals surface area contributed by atoms with Crippen LogP contribution in [0.5, 0.6) is 0 Å². The Morgan fingerprint density at radius 3 is 2.59 bits per heavy atom. The van der Waals surface area contributed by atoms with E-state index < -0.39 is 0 Å². The molecule has 0 radical (unpaired) electrons. The highest BCUT2D eigenvalue weighted by atomic mass is 35.5. The van der Waals surface area contributed by atoms with Gasteiger partial charge in [0.2, 0.25) is 0 Å². The number of carbonyl (C=O) groups excluding carboxylic acids is 2. The molecule has 170 valence electrons. The molecular weight excluding hydrogens is 430 g/mol. The van der Waals surface area contributed by atoms with Crippen molar-refractivity contribution in [1.29, 1.82) is 0 Å². The summed E-state index contributed by atoms with van der Waals surface area (Å²) in [7, 11) is 0. The van der Waals surface area contributed by atoms with Gasteiger partial charge in [0.1, 0.15) is 5.82 Å². The normalized spacial score (nSPS) is 18.2. The van der Waals surface area contributed by atoms with Crippen molar-refractivity contribution in [2.45, 2.75) is 31.2 Å². The van der Waals surface area contributed by atoms with Crippen LogP contribution < -0.4 is 16.0 Å². The molecule has 4 rings (SSSR count). The number of rotatable bonds is 6. The Bertz CT molecular complexity index is 941. The molecule has 8 nitrogen and oxygen atoms in total. The Morgan fingerprint density at radius 1 is 1.09 bits per heavy atom. The number of amides is 3. The lowest BCUT2D eigenvalue weighted by molar-refractivity contribution is -0.0169. The number of hydrogen-bond donors (Lipinski definition) is 3. The van der Waals surface area contributed by atoms with E-state index in [1.165, 1.54) is 19.0 Å². The number of likely N-dealkylation sites (tertiary alicyclic amines) is 1. The Hall–Kier alpha value is -2.68. The summed E-state index contributed by atoms with van der Waals surface area (Å²) in [5, 5.41) is 9.09. The maximum Gasteiger partial charge on any atom is 0.319 e. The number of urea groups is 1. The van der Waals surface area contributed by atoms with Crippen LogP contribution in [0.4, 0.5) is 16.3 Å². The van der Waals surface area contributed by atoms with Crippen LogP contribution in [0.3, 0.4) is 0 Å². The minimum atomic E-state index is -0.320. The maximum absolute atomic E-state index is 12.6. The van der Waals surface area contributed by atoms with Gasteiger partial charge in [0.25, 0.3) is 5.91 Å². The second-order valence-corrected chi connectivity index (χ2v) is 8.67. The summed E-state index contributed by atoms with van der Waals surface area (Å²) in [6, 6.07) is 9.79. The van der Waals surface area contributed by atoms with Crippen molar-refractivity contribution in [3.63, 3.8) is 0 Å². The smallest absolute Gasteiger partial charge is 0.319 e. The fourth-order valence-corrected chi connectivity index (χ4v) is 4.46. The van der Waals surface area contributed by atoms with Crippen molar-refractivity contribution in [3.05, 3.63) is 53.2 Å². The number of carbonyl (C=O) groups is 2. The number of nitrogens with zero attached hydrogens (tertiary/aromatic N) is 2. The molecule has 0 unspecified atom stereocenters. The second kappa shape index (κ2) is 10.3. The molecule has 3 heterocycles. The molecule has 2 aliphatic rings. The highest BCUT2D eigenvalue weighted by Gasteiger charge is 2.39. The molecule has 32 heavy (non-hydrogen) atoms. The fourth-order valence-electron chi connectivity index (χ4n) is 4.34. The first-order valence-electron chi connectivity index (χ1n) is 10.9. The van der Waals surface area contributed by atoms with Crippen LogP contribution in [0.2, 0.25) is 5.02 Å². The lowest BCUT2D eigenvalue weighted by atomic mass is 9.88. The molecule has 2 aromatic rings. The van der Waals surface area contributed by atoms with E-state index in [4.69, 9.17) is 16.3 Å². The van der Waals surface area contributed by atoms with Crippen LogP contribution in [0.25, 0.3) is 0 Å². The molecule has 1 aromatic carbocycles. The molecule has 3 N–H and O–H groups in total. The number of anilines is 2. The molecule has 0 saturated carbocycles. The highest BCUT2D eigenvalue weighted by Crippen LogP contribution is 2.30. The van der Waals surface area contributed by atoms with Crippen LogP contribution in [-0.4, -0.2) is 60.2 Å². The van der Waals surface area contributed by atoms with E-state index >= 15 is 0 Å². The lowest BCUT2D eigenvalue weighted by Crippen LogP contribution is -2.57. The molecule has 0 spiro atoms. The minimum Gasteiger partial charge on any atom is -0.381 e. The predicted octanol–water partition coefficient (Wildman–Crippen LogP) is 3.75. The van der Waals surface area contributed by atoms with Gasteiger partial charge in [-0.15, -0.1) is 0 Å². The maximum atomic E-state index is 12.6. The summed E-state index contributed by atoms with van der Waals surface area (Å²) in [4.78, 5) is 31.7. The molecule has 2 fully saturated rings. The standard InChI is InChI=1S/C23H28ClN5O3/c24-18-6-7-20(25-15-18)28-21(30)17-4-3-5-19(14-17)27-22(31)26-16-23(8-12-32-13-9-23)29-10-1-2-11-29/h3-7,14-15H,1-2,8-13,16H2,(H,25,28,30)(H2,26,27,31). The van der Waals surface area contributed by atoms with E-state index in [1.807, 2.05) is 0 Å². The van der Waals surface area contributed by atoms with Gasteiger partial charge in [0.05, 0.1) is 5.02 Å². The van der Waals surface area contributed by atoms with E-state index in [1.54, 1.807) is 36.4 Å². The van der Waals surface area contributed by atoms with Gasteiger partial charge in [-0.25, -0.2) is 9.78 Å². The first-order chi connectivity index (χ1) is 15.5. The molecule has 1 aromatic heterocycles. The number of benzene rings is 1. The van der Waals surface area contributed by atoms with Gasteiger partial charge in [-0.05, 0) is 69.1 Å². The lowest BCUT2D eigenvalue weighted by Gasteiger charge is -2.44. The molecular formula is C23H28ClN5O3. The van der Waals surface area contributed by atoms with E-state index in [2.05, 4.69) is 25.8 Å². The average Bonchev–Trinajstić information content (AvgIpc) is 3.36. The molecule has 9 heteroatoms. The summed E-state index contributed by atoms with van der Waals surface area (Å²) >= 11 is 5.82. The van der Waals surface area contributed by atoms with Crippen molar-refractivity contribution in [2.24, 2.45) is 0 Å². The van der Waals surface area contributed by atoms with Crippen molar-refractivity contribution in [1.82, 2.24) is 15.2 Å². The molecule has 3 amide bonds. The molecule has 0 bridgehead atoms. The largest absolute Gasteiger partial charge is 0.381 e. The third-order valence-corrected chi connectivity index (χ3v) is 6.35. The zero-order valence-electron chi connectivity index (χ0n) is 17.9. The SMILES string of the molecule is O=C(NCC1(N2CCCC2)CCOCC1)Nc1cccc(C(=O)Nc2ccc(Cl)cn2)c1. The van der Waals surface area contributed by atoms with Gasteiger partial charge in [0, 0.05) is 42.7 Å². The Morgan fingerprint density at radius 2 is 1.88 bits per heavy atom. The molecule has 2 saturated heterocycles. The fraction of sp³-hybridized carbons (Fsp3) is 0.435. The van der Waals surface area contributed by atoms with Crippen molar-refractivity contribution in [3.8, 4) is 0 Å². The second-order valence-electron chi connectivity index (χ2n) is 8.24. The topological polar surface area (TPSA) is 95.6 Å². The van der Waals surface area contributed by atoms with Gasteiger partial charge < -0.3 is 20.7 Å². The molecule has 0 atom stereocenters. The number of halogens is 1. The van der Waals surface area contributed by atoms with Crippen LogP contribution in [-0.2, 0) is 4.74 Å². The van der Waals surface area contributed by atoms with Crippen LogP contribution >= 0.6 is 11.6 Å². The van der Waals surface area contributed by atoms with E-state index in [0.717, 1.165) is 39.1 Å². The molecule has 0 aliphatic carbocycles. The summed E-state index contributed by atoms with van der Waals surface area (Å²) in [6.07, 6.45) is 5.71. The summed E-state index contributed by atoms with van der Waals surface area (Å²) in [6.45, 7) is 4.16. The van der Waals surface area contributed by atoms with Gasteiger partial charge in [-0.2, -0.15) is 0 Å².